The van der Waals surface area contributed by atoms with Crippen molar-refractivity contribution in [2.45, 2.75) is 44.7 Å². The molecule has 2 unspecified atom stereocenters. The summed E-state index contributed by atoms with van der Waals surface area (Å²) < 4.78 is 0. The fourth-order valence-electron chi connectivity index (χ4n) is 2.77. The highest BCUT2D eigenvalue weighted by Crippen LogP contribution is 2.30. The number of carbonyl (C=O) groups is 1. The van der Waals surface area contributed by atoms with E-state index in [2.05, 4.69) is 6.92 Å². The highest BCUT2D eigenvalue weighted by atomic mass is 35.5. The van der Waals surface area contributed by atoms with Gasteiger partial charge < -0.3 is 10.6 Å². The number of likely N-dealkylation sites (tertiary alicyclic amines) is 1. The Balaban J connectivity index is 2.34. The minimum absolute atomic E-state index is 0.000763. The summed E-state index contributed by atoms with van der Waals surface area (Å²) in [5, 5.41) is 0.708. The third-order valence-electron chi connectivity index (χ3n) is 3.67. The molecule has 0 saturated carbocycles. The van der Waals surface area contributed by atoms with Crippen molar-refractivity contribution in [1.29, 1.82) is 0 Å². The van der Waals surface area contributed by atoms with E-state index < -0.39 is 0 Å². The molecule has 0 aromatic heterocycles. The van der Waals surface area contributed by atoms with Gasteiger partial charge in [0.05, 0.1) is 6.04 Å². The van der Waals surface area contributed by atoms with Crippen molar-refractivity contribution in [2.24, 2.45) is 5.73 Å². The standard InChI is InChI=1S/C15H21ClN2O/c1-2-10-18-14(19)5-3-4-13(17)15(18)11-6-8-12(16)9-7-11/h6-9,13,15H,2-5,10,17H2,1H3. The molecule has 3 nitrogen and oxygen atoms in total. The lowest BCUT2D eigenvalue weighted by Gasteiger charge is -2.34. The van der Waals surface area contributed by atoms with Crippen LogP contribution in [0.4, 0.5) is 0 Å². The summed E-state index contributed by atoms with van der Waals surface area (Å²) >= 11 is 5.93. The molecule has 1 amide bonds. The maximum Gasteiger partial charge on any atom is 0.223 e. The van der Waals surface area contributed by atoms with E-state index in [1.165, 1.54) is 0 Å². The molecule has 0 spiro atoms. The van der Waals surface area contributed by atoms with E-state index in [1.54, 1.807) is 0 Å². The molecule has 2 N–H and O–H groups in total. The van der Waals surface area contributed by atoms with Crippen LogP contribution in [0.3, 0.4) is 0 Å². The van der Waals surface area contributed by atoms with Gasteiger partial charge in [0.2, 0.25) is 5.91 Å². The quantitative estimate of drug-likeness (QED) is 0.925. The highest BCUT2D eigenvalue weighted by molar-refractivity contribution is 6.30. The second-order valence-electron chi connectivity index (χ2n) is 5.14. The number of rotatable bonds is 3. The average Bonchev–Trinajstić information content (AvgIpc) is 2.52. The van der Waals surface area contributed by atoms with E-state index >= 15 is 0 Å². The molecule has 2 rings (SSSR count). The van der Waals surface area contributed by atoms with Crippen molar-refractivity contribution in [3.05, 3.63) is 34.9 Å². The van der Waals surface area contributed by atoms with Crippen LogP contribution < -0.4 is 5.73 Å². The summed E-state index contributed by atoms with van der Waals surface area (Å²) in [5.74, 6) is 0.217. The van der Waals surface area contributed by atoms with Crippen molar-refractivity contribution in [2.75, 3.05) is 6.54 Å². The molecule has 1 aromatic rings. The first kappa shape index (κ1) is 14.4. The van der Waals surface area contributed by atoms with E-state index in [0.29, 0.717) is 11.4 Å². The fraction of sp³-hybridized carbons (Fsp3) is 0.533. The first-order chi connectivity index (χ1) is 9.13. The molecule has 0 radical (unpaired) electrons. The van der Waals surface area contributed by atoms with Gasteiger partial charge in [-0.2, -0.15) is 0 Å². The second kappa shape index (κ2) is 6.40. The first-order valence-electron chi connectivity index (χ1n) is 6.94. The zero-order chi connectivity index (χ0) is 13.8. The van der Waals surface area contributed by atoms with Gasteiger partial charge in [0.15, 0.2) is 0 Å². The van der Waals surface area contributed by atoms with Crippen LogP contribution in [0.1, 0.15) is 44.2 Å². The van der Waals surface area contributed by atoms with E-state index in [1.807, 2.05) is 29.2 Å². The predicted octanol–water partition coefficient (Wildman–Crippen LogP) is 3.13. The molecule has 1 aliphatic heterocycles. The Hall–Kier alpha value is -1.06. The topological polar surface area (TPSA) is 46.3 Å². The molecule has 0 bridgehead atoms. The summed E-state index contributed by atoms with van der Waals surface area (Å²) in [4.78, 5) is 14.2. The van der Waals surface area contributed by atoms with Gasteiger partial charge in [-0.1, -0.05) is 30.7 Å². The molecule has 0 aliphatic carbocycles. The van der Waals surface area contributed by atoms with Gasteiger partial charge in [0.1, 0.15) is 0 Å². The smallest absolute Gasteiger partial charge is 0.223 e. The molecule has 2 atom stereocenters. The lowest BCUT2D eigenvalue weighted by molar-refractivity contribution is -0.133. The SMILES string of the molecule is CCCN1C(=O)CCCC(N)C1c1ccc(Cl)cc1. The van der Waals surface area contributed by atoms with Crippen LogP contribution in [0.25, 0.3) is 0 Å². The molecular weight excluding hydrogens is 260 g/mol. The van der Waals surface area contributed by atoms with Crippen molar-refractivity contribution < 1.29 is 4.79 Å². The van der Waals surface area contributed by atoms with Gasteiger partial charge in [-0.05, 0) is 37.0 Å². The third kappa shape index (κ3) is 3.28. The zero-order valence-electron chi connectivity index (χ0n) is 11.3. The molecule has 1 aliphatic rings. The molecule has 1 saturated heterocycles. The Morgan fingerprint density at radius 1 is 1.37 bits per heavy atom. The predicted molar refractivity (Wildman–Crippen MR) is 78.0 cm³/mol. The first-order valence-corrected chi connectivity index (χ1v) is 7.31. The number of benzene rings is 1. The van der Waals surface area contributed by atoms with Gasteiger partial charge in [-0.3, -0.25) is 4.79 Å². The highest BCUT2D eigenvalue weighted by Gasteiger charge is 2.32. The molecule has 104 valence electrons. The molecule has 4 heteroatoms. The van der Waals surface area contributed by atoms with Crippen LogP contribution in [-0.2, 0) is 4.79 Å². The molecule has 1 fully saturated rings. The lowest BCUT2D eigenvalue weighted by atomic mass is 9.96. The normalized spacial score (nSPS) is 24.4. The molecular formula is C15H21ClN2O. The summed E-state index contributed by atoms with van der Waals surface area (Å²) in [7, 11) is 0. The number of halogens is 1. The number of nitrogens with zero attached hydrogens (tertiary/aromatic N) is 1. The summed E-state index contributed by atoms with van der Waals surface area (Å²) in [6.07, 6.45) is 3.32. The lowest BCUT2D eigenvalue weighted by Crippen LogP contribution is -2.42. The minimum atomic E-state index is -0.0211. The van der Waals surface area contributed by atoms with Crippen molar-refractivity contribution in [1.82, 2.24) is 4.90 Å². The van der Waals surface area contributed by atoms with E-state index in [0.717, 1.165) is 31.4 Å². The van der Waals surface area contributed by atoms with Gasteiger partial charge in [-0.15, -0.1) is 0 Å². The maximum absolute atomic E-state index is 12.2. The summed E-state index contributed by atoms with van der Waals surface area (Å²) in [6.45, 7) is 2.85. The number of amides is 1. The Morgan fingerprint density at radius 3 is 2.68 bits per heavy atom. The Labute approximate surface area is 119 Å². The van der Waals surface area contributed by atoms with Gasteiger partial charge >= 0.3 is 0 Å². The Morgan fingerprint density at radius 2 is 2.05 bits per heavy atom. The summed E-state index contributed by atoms with van der Waals surface area (Å²) in [6, 6.07) is 7.67. The van der Waals surface area contributed by atoms with Gasteiger partial charge in [0, 0.05) is 24.0 Å². The second-order valence-corrected chi connectivity index (χ2v) is 5.58. The van der Waals surface area contributed by atoms with E-state index in [9.17, 15) is 4.79 Å². The van der Waals surface area contributed by atoms with Crippen LogP contribution >= 0.6 is 11.6 Å². The molecule has 1 aromatic carbocycles. The minimum Gasteiger partial charge on any atom is -0.334 e. The maximum atomic E-state index is 12.2. The van der Waals surface area contributed by atoms with Gasteiger partial charge in [0.25, 0.3) is 0 Å². The van der Waals surface area contributed by atoms with Crippen LogP contribution in [-0.4, -0.2) is 23.4 Å². The number of hydrogen-bond donors (Lipinski definition) is 1. The van der Waals surface area contributed by atoms with E-state index in [-0.39, 0.29) is 18.0 Å². The van der Waals surface area contributed by atoms with Crippen molar-refractivity contribution in [3.63, 3.8) is 0 Å². The van der Waals surface area contributed by atoms with Crippen LogP contribution in [0, 0.1) is 0 Å². The van der Waals surface area contributed by atoms with Crippen molar-refractivity contribution in [3.8, 4) is 0 Å². The fourth-order valence-corrected chi connectivity index (χ4v) is 2.89. The Kier molecular flexibility index (Phi) is 4.83. The Bertz CT molecular complexity index is 432. The van der Waals surface area contributed by atoms with Crippen LogP contribution in [0.15, 0.2) is 24.3 Å². The zero-order valence-corrected chi connectivity index (χ0v) is 12.1. The largest absolute Gasteiger partial charge is 0.334 e. The third-order valence-corrected chi connectivity index (χ3v) is 3.92. The number of nitrogens with two attached hydrogens (primary N) is 1. The van der Waals surface area contributed by atoms with Crippen LogP contribution in [0.5, 0.6) is 0 Å². The molecule has 1 heterocycles. The van der Waals surface area contributed by atoms with Crippen molar-refractivity contribution >= 4 is 17.5 Å². The molecule has 19 heavy (non-hydrogen) atoms. The van der Waals surface area contributed by atoms with E-state index in [4.69, 9.17) is 17.3 Å². The average molecular weight is 281 g/mol. The van der Waals surface area contributed by atoms with Gasteiger partial charge in [-0.25, -0.2) is 0 Å². The number of carbonyl (C=O) groups excluding carboxylic acids is 1. The summed E-state index contributed by atoms with van der Waals surface area (Å²) in [5.41, 5.74) is 7.39. The van der Waals surface area contributed by atoms with Crippen LogP contribution in [0.2, 0.25) is 5.02 Å². The monoisotopic (exact) mass is 280 g/mol. The number of hydrogen-bond acceptors (Lipinski definition) is 2.